The zero-order valence-corrected chi connectivity index (χ0v) is 20.8. The van der Waals surface area contributed by atoms with Gasteiger partial charge in [0.05, 0.1) is 17.2 Å². The molecule has 1 heterocycles. The van der Waals surface area contributed by atoms with Crippen LogP contribution in [0.15, 0.2) is 90.3 Å². The van der Waals surface area contributed by atoms with Gasteiger partial charge in [0.25, 0.3) is 0 Å². The quantitative estimate of drug-likeness (QED) is 0.286. The summed E-state index contributed by atoms with van der Waals surface area (Å²) in [5.41, 5.74) is 4.75. The van der Waals surface area contributed by atoms with Crippen molar-refractivity contribution < 1.29 is 14.3 Å². The maximum atomic E-state index is 14.3. The van der Waals surface area contributed by atoms with Crippen LogP contribution in [0.1, 0.15) is 41.0 Å². The maximum Gasteiger partial charge on any atom is 0.235 e. The molecule has 3 aliphatic carbocycles. The number of aromatic nitrogens is 1. The van der Waals surface area contributed by atoms with E-state index in [1.165, 1.54) is 17.4 Å². The van der Waals surface area contributed by atoms with Gasteiger partial charge < -0.3 is 10.4 Å². The molecule has 4 aromatic carbocycles. The van der Waals surface area contributed by atoms with Gasteiger partial charge >= 0.3 is 0 Å². The Morgan fingerprint density at radius 3 is 2.16 bits per heavy atom. The Balaban J connectivity index is 1.27. The van der Waals surface area contributed by atoms with E-state index in [1.54, 1.807) is 12.1 Å². The number of nitrogens with zero attached hydrogens (tertiary/aromatic N) is 1. The Labute approximate surface area is 217 Å². The van der Waals surface area contributed by atoms with Gasteiger partial charge in [-0.25, -0.2) is 9.37 Å². The number of aliphatic hydroxyl groups excluding tert-OH is 1. The highest BCUT2D eigenvalue weighted by molar-refractivity contribution is 7.14. The second-order valence-electron chi connectivity index (χ2n) is 10.0. The van der Waals surface area contributed by atoms with E-state index in [0.29, 0.717) is 16.2 Å². The summed E-state index contributed by atoms with van der Waals surface area (Å²) in [4.78, 5) is 18.6. The minimum absolute atomic E-state index is 0.260. The molecule has 6 heteroatoms. The third kappa shape index (κ3) is 3.09. The number of carbonyl (C=O) groups is 1. The molecule has 3 aliphatic rings. The average Bonchev–Trinajstić information content (AvgIpc) is 3.39. The molecule has 2 atom stereocenters. The molecule has 0 fully saturated rings. The molecule has 0 saturated heterocycles. The molecule has 8 rings (SSSR count). The van der Waals surface area contributed by atoms with E-state index in [4.69, 9.17) is 0 Å². The minimum atomic E-state index is -1.08. The van der Waals surface area contributed by atoms with E-state index in [2.05, 4.69) is 34.6 Å². The summed E-state index contributed by atoms with van der Waals surface area (Å²) in [6.45, 7) is 1.86. The largest absolute Gasteiger partial charge is 0.391 e. The number of halogens is 1. The number of anilines is 1. The lowest BCUT2D eigenvalue weighted by Crippen LogP contribution is -2.56. The van der Waals surface area contributed by atoms with Crippen LogP contribution in [-0.4, -0.2) is 22.1 Å². The highest BCUT2D eigenvalue weighted by atomic mass is 32.1. The van der Waals surface area contributed by atoms with E-state index >= 15 is 0 Å². The van der Waals surface area contributed by atoms with Gasteiger partial charge in [0.15, 0.2) is 5.13 Å². The minimum Gasteiger partial charge on any atom is -0.391 e. The van der Waals surface area contributed by atoms with Crippen LogP contribution < -0.4 is 5.32 Å². The molecular formula is C31H23FN2O2S. The first-order valence-corrected chi connectivity index (χ1v) is 13.2. The third-order valence-electron chi connectivity index (χ3n) is 8.17. The van der Waals surface area contributed by atoms with Gasteiger partial charge in [0.1, 0.15) is 5.82 Å². The van der Waals surface area contributed by atoms with E-state index in [0.717, 1.165) is 33.2 Å². The molecule has 0 spiro atoms. The fourth-order valence-corrected chi connectivity index (χ4v) is 7.10. The molecule has 1 aromatic heterocycles. The number of aliphatic hydroxyl groups is 1. The number of carbonyl (C=O) groups excluding carboxylic acids is 1. The number of nitrogens with one attached hydrogen (secondary N) is 1. The van der Waals surface area contributed by atoms with E-state index < -0.39 is 11.5 Å². The number of benzene rings is 4. The average molecular weight is 507 g/mol. The first kappa shape index (κ1) is 22.3. The number of rotatable bonds is 3. The van der Waals surface area contributed by atoms with Crippen molar-refractivity contribution in [1.29, 1.82) is 0 Å². The lowest BCUT2D eigenvalue weighted by molar-refractivity contribution is -0.135. The van der Waals surface area contributed by atoms with Gasteiger partial charge in [-0.15, -0.1) is 11.3 Å². The number of hydrogen-bond acceptors (Lipinski definition) is 4. The maximum absolute atomic E-state index is 14.3. The van der Waals surface area contributed by atoms with Gasteiger partial charge in [-0.2, -0.15) is 0 Å². The van der Waals surface area contributed by atoms with Crippen molar-refractivity contribution in [2.45, 2.75) is 24.9 Å². The number of fused-ring (bicyclic) bond motifs is 2. The molecule has 2 N–H and O–H groups in total. The lowest BCUT2D eigenvalue weighted by Gasteiger charge is -2.53. The van der Waals surface area contributed by atoms with Crippen molar-refractivity contribution in [2.24, 2.45) is 5.41 Å². The summed E-state index contributed by atoms with van der Waals surface area (Å²) in [7, 11) is 0. The van der Waals surface area contributed by atoms with E-state index in [1.807, 2.05) is 54.8 Å². The molecular weight excluding hydrogens is 483 g/mol. The van der Waals surface area contributed by atoms with Gasteiger partial charge in [-0.05, 0) is 46.7 Å². The summed E-state index contributed by atoms with van der Waals surface area (Å²) in [5.74, 6) is -1.09. The Kier molecular flexibility index (Phi) is 4.87. The number of thiazole rings is 1. The first-order valence-electron chi connectivity index (χ1n) is 12.3. The molecule has 2 unspecified atom stereocenters. The Morgan fingerprint density at radius 1 is 0.892 bits per heavy atom. The van der Waals surface area contributed by atoms with Crippen molar-refractivity contribution in [3.05, 3.63) is 118 Å². The molecule has 2 bridgehead atoms. The fourth-order valence-electron chi connectivity index (χ4n) is 6.39. The standard InChI is InChI=1S/C31H23FN2O2S/c1-31(27-22-12-6-4-10-20(22)26(28(31)35)21-11-5-7-13-23(21)27)29(36)34-30-33-25(16-37-30)19-14-15-24(32)18-9-3-2-8-17(18)19/h2-16,26-28,35H,1H3,(H,33,34,36). The van der Waals surface area contributed by atoms with Crippen molar-refractivity contribution in [3.8, 4) is 11.3 Å². The zero-order chi connectivity index (χ0) is 25.3. The highest BCUT2D eigenvalue weighted by Crippen LogP contribution is 2.61. The number of hydrogen-bond donors (Lipinski definition) is 2. The van der Waals surface area contributed by atoms with Crippen LogP contribution in [0, 0.1) is 11.2 Å². The topological polar surface area (TPSA) is 62.2 Å². The van der Waals surface area contributed by atoms with Crippen molar-refractivity contribution >= 4 is 33.1 Å². The fraction of sp³-hybridized carbons (Fsp3) is 0.161. The molecule has 0 aliphatic heterocycles. The summed E-state index contributed by atoms with van der Waals surface area (Å²) in [6.07, 6.45) is -0.886. The normalized spacial score (nSPS) is 23.5. The Hall–Kier alpha value is -3.87. The molecule has 0 radical (unpaired) electrons. The SMILES string of the molecule is CC1(C(=O)Nc2nc(-c3ccc(F)c4ccccc34)cs2)C2c3ccccc3C(c3ccccc32)C1O. The Morgan fingerprint density at radius 2 is 1.49 bits per heavy atom. The molecule has 1 amide bonds. The van der Waals surface area contributed by atoms with Crippen LogP contribution >= 0.6 is 11.3 Å². The van der Waals surface area contributed by atoms with Gasteiger partial charge in [-0.1, -0.05) is 72.8 Å². The van der Waals surface area contributed by atoms with Crippen LogP contribution in [0.5, 0.6) is 0 Å². The van der Waals surface area contributed by atoms with Crippen molar-refractivity contribution in [3.63, 3.8) is 0 Å². The first-order chi connectivity index (χ1) is 18.0. The summed E-state index contributed by atoms with van der Waals surface area (Å²) >= 11 is 1.32. The molecule has 4 nitrogen and oxygen atoms in total. The predicted octanol–water partition coefficient (Wildman–Crippen LogP) is 6.70. The van der Waals surface area contributed by atoms with Crippen LogP contribution in [0.4, 0.5) is 9.52 Å². The van der Waals surface area contributed by atoms with Gasteiger partial charge in [-0.3, -0.25) is 4.79 Å². The van der Waals surface area contributed by atoms with E-state index in [9.17, 15) is 14.3 Å². The number of amides is 1. The highest BCUT2D eigenvalue weighted by Gasteiger charge is 2.60. The molecule has 5 aromatic rings. The molecule has 0 saturated carbocycles. The summed E-state index contributed by atoms with van der Waals surface area (Å²) in [6, 6.07) is 26.7. The van der Waals surface area contributed by atoms with Gasteiger partial charge in [0, 0.05) is 28.2 Å². The molecule has 37 heavy (non-hydrogen) atoms. The van der Waals surface area contributed by atoms with Crippen LogP contribution in [-0.2, 0) is 4.79 Å². The third-order valence-corrected chi connectivity index (χ3v) is 8.93. The second kappa shape index (κ2) is 8.07. The smallest absolute Gasteiger partial charge is 0.235 e. The predicted molar refractivity (Wildman–Crippen MR) is 144 cm³/mol. The van der Waals surface area contributed by atoms with Gasteiger partial charge in [0.2, 0.25) is 5.91 Å². The summed E-state index contributed by atoms with van der Waals surface area (Å²) in [5, 5.41) is 18.3. The van der Waals surface area contributed by atoms with E-state index in [-0.39, 0.29) is 23.6 Å². The van der Waals surface area contributed by atoms with Crippen molar-refractivity contribution in [1.82, 2.24) is 4.98 Å². The second-order valence-corrected chi connectivity index (χ2v) is 10.9. The zero-order valence-electron chi connectivity index (χ0n) is 20.0. The molecule has 182 valence electrons. The Bertz CT molecular complexity index is 1670. The summed E-state index contributed by atoms with van der Waals surface area (Å²) < 4.78 is 14.3. The van der Waals surface area contributed by atoms with Crippen LogP contribution in [0.3, 0.4) is 0 Å². The lowest BCUT2D eigenvalue weighted by atomic mass is 9.51. The van der Waals surface area contributed by atoms with Crippen LogP contribution in [0.25, 0.3) is 22.0 Å². The monoisotopic (exact) mass is 506 g/mol. The van der Waals surface area contributed by atoms with Crippen LogP contribution in [0.2, 0.25) is 0 Å². The van der Waals surface area contributed by atoms with Crippen molar-refractivity contribution in [2.75, 3.05) is 5.32 Å².